The molecule has 4 N–H and O–H groups in total. The molecule has 2 amide bonds. The molecule has 4 aromatic rings. The Morgan fingerprint density at radius 1 is 1.18 bits per heavy atom. The number of hydrazone groups is 1. The molecule has 33 heavy (non-hydrogen) atoms. The number of carbonyl (C=O) groups is 1. The number of primary amides is 1. The Hall–Kier alpha value is -5.07. The number of pyridine rings is 1. The van der Waals surface area contributed by atoms with E-state index in [0.29, 0.717) is 5.82 Å². The van der Waals surface area contributed by atoms with Crippen LogP contribution in [0.15, 0.2) is 66.2 Å². The number of rotatable bonds is 6. The zero-order valence-electron chi connectivity index (χ0n) is 16.6. The highest BCUT2D eigenvalue weighted by molar-refractivity contribution is 5.93. The average Bonchev–Trinajstić information content (AvgIpc) is 3.32. The second-order valence-corrected chi connectivity index (χ2v) is 6.46. The summed E-state index contributed by atoms with van der Waals surface area (Å²) in [6.07, 6.45) is 3.93. The molecule has 0 aliphatic heterocycles. The van der Waals surface area contributed by atoms with Crippen LogP contribution < -0.4 is 15.5 Å². The number of urea groups is 1. The summed E-state index contributed by atoms with van der Waals surface area (Å²) in [5.74, 6) is -0.694. The van der Waals surface area contributed by atoms with Gasteiger partial charge in [0.1, 0.15) is 23.6 Å². The Morgan fingerprint density at radius 2 is 2.03 bits per heavy atom. The zero-order chi connectivity index (χ0) is 23.4. The van der Waals surface area contributed by atoms with Crippen molar-refractivity contribution in [1.29, 1.82) is 0 Å². The number of benzene rings is 2. The molecule has 2 heterocycles. The molecule has 0 aliphatic carbocycles. The largest absolute Gasteiger partial charge is 0.508 e. The number of amides is 2. The van der Waals surface area contributed by atoms with Gasteiger partial charge in [-0.05, 0) is 40.8 Å². The van der Waals surface area contributed by atoms with Crippen molar-refractivity contribution in [2.24, 2.45) is 10.8 Å². The molecule has 0 saturated carbocycles. The van der Waals surface area contributed by atoms with E-state index in [2.05, 4.69) is 25.6 Å². The highest BCUT2D eigenvalue weighted by Crippen LogP contribution is 2.29. The summed E-state index contributed by atoms with van der Waals surface area (Å²) in [4.78, 5) is 16.0. The van der Waals surface area contributed by atoms with Gasteiger partial charge in [-0.3, -0.25) is 0 Å². The quantitative estimate of drug-likeness (QED) is 0.297. The van der Waals surface area contributed by atoms with Crippen LogP contribution in [0.4, 0.5) is 14.9 Å². The summed E-state index contributed by atoms with van der Waals surface area (Å²) in [7, 11) is 0. The van der Waals surface area contributed by atoms with Crippen LogP contribution in [0.2, 0.25) is 0 Å². The molecule has 4 rings (SSSR count). The van der Waals surface area contributed by atoms with Crippen LogP contribution in [0, 0.1) is 5.82 Å². The van der Waals surface area contributed by atoms with Crippen molar-refractivity contribution in [2.45, 2.75) is 0 Å². The molecule has 0 aliphatic rings. The first kappa shape index (κ1) is 21.2. The number of nitrogens with zero attached hydrogens (tertiary/aromatic N) is 7. The van der Waals surface area contributed by atoms with E-state index in [9.17, 15) is 19.4 Å². The molecule has 13 heteroatoms. The van der Waals surface area contributed by atoms with E-state index in [1.807, 2.05) is 0 Å². The molecule has 166 valence electrons. The van der Waals surface area contributed by atoms with Gasteiger partial charge in [0.05, 0.1) is 11.9 Å². The number of ether oxygens (including phenoxy) is 1. The molecule has 0 fully saturated rings. The third kappa shape index (κ3) is 4.82. The highest BCUT2D eigenvalue weighted by Gasteiger charge is 2.15. The lowest BCUT2D eigenvalue weighted by Gasteiger charge is -2.16. The van der Waals surface area contributed by atoms with E-state index < -0.39 is 11.8 Å². The highest BCUT2D eigenvalue weighted by atomic mass is 19.1. The van der Waals surface area contributed by atoms with Crippen LogP contribution in [0.25, 0.3) is 5.82 Å². The Labute approximate surface area is 185 Å². The number of hydrogen-bond donors (Lipinski definition) is 3. The van der Waals surface area contributed by atoms with Crippen molar-refractivity contribution in [3.8, 4) is 28.8 Å². The van der Waals surface area contributed by atoms with Crippen LogP contribution in [-0.4, -0.2) is 47.7 Å². The van der Waals surface area contributed by atoms with Gasteiger partial charge in [0, 0.05) is 30.0 Å². The molecular formula is C20H15FN8O4. The number of hydrogen-bond acceptors (Lipinski definition) is 9. The molecular weight excluding hydrogens is 435 g/mol. The van der Waals surface area contributed by atoms with E-state index in [-0.39, 0.29) is 34.2 Å². The van der Waals surface area contributed by atoms with Gasteiger partial charge < -0.3 is 20.7 Å². The fourth-order valence-corrected chi connectivity index (χ4v) is 2.70. The first-order valence-corrected chi connectivity index (χ1v) is 9.23. The summed E-state index contributed by atoms with van der Waals surface area (Å²) in [5, 5.41) is 34.6. The SMILES string of the molecule is NC(=O)N(/N=C/c1ccc(O)cc1O)c1ccc(Oc2ccnc(-n3cnnn3)c2)c(F)c1. The summed E-state index contributed by atoms with van der Waals surface area (Å²) in [5.41, 5.74) is 5.59. The predicted octanol–water partition coefficient (Wildman–Crippen LogP) is 2.32. The maximum absolute atomic E-state index is 14.7. The maximum atomic E-state index is 14.7. The lowest BCUT2D eigenvalue weighted by Crippen LogP contribution is -2.31. The molecule has 2 aromatic carbocycles. The van der Waals surface area contributed by atoms with E-state index in [4.69, 9.17) is 10.5 Å². The van der Waals surface area contributed by atoms with Gasteiger partial charge >= 0.3 is 6.03 Å². The number of carbonyl (C=O) groups excluding carboxylic acids is 1. The number of tetrazole rings is 1. The monoisotopic (exact) mass is 450 g/mol. The van der Waals surface area contributed by atoms with E-state index in [1.165, 1.54) is 53.6 Å². The first-order valence-electron chi connectivity index (χ1n) is 9.23. The molecule has 0 spiro atoms. The summed E-state index contributed by atoms with van der Waals surface area (Å²) < 4.78 is 21.6. The van der Waals surface area contributed by atoms with Crippen LogP contribution in [0.3, 0.4) is 0 Å². The van der Waals surface area contributed by atoms with Crippen LogP contribution in [0.5, 0.6) is 23.0 Å². The second kappa shape index (κ2) is 8.97. The predicted molar refractivity (Wildman–Crippen MR) is 113 cm³/mol. The van der Waals surface area contributed by atoms with E-state index in [1.54, 1.807) is 0 Å². The number of nitrogens with two attached hydrogens (primary N) is 1. The lowest BCUT2D eigenvalue weighted by molar-refractivity contribution is 0.254. The zero-order valence-corrected chi connectivity index (χ0v) is 16.6. The normalized spacial score (nSPS) is 10.9. The second-order valence-electron chi connectivity index (χ2n) is 6.46. The van der Waals surface area contributed by atoms with Gasteiger partial charge in [-0.25, -0.2) is 14.2 Å². The topological polar surface area (TPSA) is 165 Å². The summed E-state index contributed by atoms with van der Waals surface area (Å²) in [6, 6.07) is 9.53. The average molecular weight is 450 g/mol. The number of anilines is 1. The minimum atomic E-state index is -0.988. The first-order chi connectivity index (χ1) is 15.9. The fourth-order valence-electron chi connectivity index (χ4n) is 2.70. The van der Waals surface area contributed by atoms with Crippen molar-refractivity contribution >= 4 is 17.9 Å². The number of halogens is 1. The van der Waals surface area contributed by atoms with Gasteiger partial charge in [0.25, 0.3) is 0 Å². The van der Waals surface area contributed by atoms with Crippen molar-refractivity contribution < 1.29 is 24.1 Å². The number of aromatic hydroxyl groups is 2. The maximum Gasteiger partial charge on any atom is 0.340 e. The molecule has 0 saturated heterocycles. The van der Waals surface area contributed by atoms with Crippen molar-refractivity contribution in [3.05, 3.63) is 72.4 Å². The standard InChI is InChI=1S/C20H15FN8O4/c21-16-7-13(29(20(22)32)25-10-12-1-3-14(30)8-17(12)31)2-4-18(16)33-15-5-6-23-19(9-15)28-11-24-26-27-28/h1-11,30-31H,(H2,22,32)/b25-10+. The van der Waals surface area contributed by atoms with Gasteiger partial charge in [-0.1, -0.05) is 0 Å². The van der Waals surface area contributed by atoms with E-state index >= 15 is 0 Å². The minimum Gasteiger partial charge on any atom is -0.508 e. The van der Waals surface area contributed by atoms with Gasteiger partial charge in [-0.15, -0.1) is 5.10 Å². The smallest absolute Gasteiger partial charge is 0.340 e. The van der Waals surface area contributed by atoms with E-state index in [0.717, 1.165) is 23.4 Å². The fraction of sp³-hybridized carbons (Fsp3) is 0. The van der Waals surface area contributed by atoms with Crippen LogP contribution in [0.1, 0.15) is 5.56 Å². The van der Waals surface area contributed by atoms with Crippen molar-refractivity contribution in [2.75, 3.05) is 5.01 Å². The molecule has 0 unspecified atom stereocenters. The number of aromatic nitrogens is 5. The third-order valence-electron chi connectivity index (χ3n) is 4.22. The molecule has 0 atom stereocenters. The minimum absolute atomic E-state index is 0.0194. The number of phenolic OH excluding ortho intramolecular Hbond substituents is 2. The lowest BCUT2D eigenvalue weighted by atomic mass is 10.2. The van der Waals surface area contributed by atoms with Gasteiger partial charge in [-0.2, -0.15) is 14.8 Å². The molecule has 0 radical (unpaired) electrons. The molecule has 2 aromatic heterocycles. The summed E-state index contributed by atoms with van der Waals surface area (Å²) >= 11 is 0. The molecule has 12 nitrogen and oxygen atoms in total. The third-order valence-corrected chi connectivity index (χ3v) is 4.22. The number of phenols is 2. The van der Waals surface area contributed by atoms with Crippen LogP contribution in [-0.2, 0) is 0 Å². The van der Waals surface area contributed by atoms with Crippen LogP contribution >= 0.6 is 0 Å². The Bertz CT molecular complexity index is 1330. The van der Waals surface area contributed by atoms with Gasteiger partial charge in [0.2, 0.25) is 0 Å². The molecule has 0 bridgehead atoms. The van der Waals surface area contributed by atoms with Crippen molar-refractivity contribution in [3.63, 3.8) is 0 Å². The summed E-state index contributed by atoms with van der Waals surface area (Å²) in [6.45, 7) is 0. The Morgan fingerprint density at radius 3 is 2.73 bits per heavy atom. The van der Waals surface area contributed by atoms with Gasteiger partial charge in [0.15, 0.2) is 17.4 Å². The van der Waals surface area contributed by atoms with Crippen molar-refractivity contribution in [1.82, 2.24) is 25.2 Å². The Balaban J connectivity index is 1.56. The Kier molecular flexibility index (Phi) is 5.75.